The van der Waals surface area contributed by atoms with E-state index in [0.29, 0.717) is 19.3 Å². The van der Waals surface area contributed by atoms with Crippen molar-refractivity contribution in [2.75, 3.05) is 0 Å². The van der Waals surface area contributed by atoms with E-state index in [1.165, 1.54) is 0 Å². The fourth-order valence-electron chi connectivity index (χ4n) is 2.57. The number of hydrogen-bond acceptors (Lipinski definition) is 4. The Morgan fingerprint density at radius 2 is 1.63 bits per heavy atom. The summed E-state index contributed by atoms with van der Waals surface area (Å²) in [5.41, 5.74) is 1.83. The second-order valence-electron chi connectivity index (χ2n) is 6.43. The monoisotopic (exact) mass is 368 g/mol. The van der Waals surface area contributed by atoms with Gasteiger partial charge >= 0.3 is 5.97 Å². The molecule has 0 amide bonds. The Morgan fingerprint density at radius 1 is 1.00 bits per heavy atom. The quantitative estimate of drug-likeness (QED) is 0.374. The molecule has 0 aliphatic rings. The van der Waals surface area contributed by atoms with Gasteiger partial charge in [-0.25, -0.2) is 4.79 Å². The average Bonchev–Trinajstić information content (AvgIpc) is 2.71. The lowest BCUT2D eigenvalue weighted by Gasteiger charge is -2.20. The first-order valence-electron chi connectivity index (χ1n) is 9.44. The lowest BCUT2D eigenvalue weighted by Crippen LogP contribution is -2.24. The van der Waals surface area contributed by atoms with Crippen molar-refractivity contribution in [1.82, 2.24) is 0 Å². The number of aliphatic hydroxyl groups is 1. The van der Waals surface area contributed by atoms with Crippen LogP contribution < -0.4 is 0 Å². The van der Waals surface area contributed by atoms with Crippen LogP contribution in [0.15, 0.2) is 66.4 Å². The van der Waals surface area contributed by atoms with Crippen LogP contribution in [0.5, 0.6) is 0 Å². The van der Waals surface area contributed by atoms with Crippen LogP contribution in [0.25, 0.3) is 6.08 Å². The van der Waals surface area contributed by atoms with E-state index in [1.807, 2.05) is 74.5 Å². The summed E-state index contributed by atoms with van der Waals surface area (Å²) in [6, 6.07) is 19.2. The normalized spacial score (nSPS) is 13.7. The third-order valence-corrected chi connectivity index (χ3v) is 4.27. The SMILES string of the molecule is CC[C@@H](O)C[C@H](CC)OC(=O)C(=Cc1ccccc1)OCc1ccccc1. The molecule has 2 aromatic rings. The van der Waals surface area contributed by atoms with Gasteiger partial charge in [-0.3, -0.25) is 0 Å². The molecule has 0 aromatic heterocycles. The van der Waals surface area contributed by atoms with Gasteiger partial charge in [0, 0.05) is 6.42 Å². The zero-order valence-corrected chi connectivity index (χ0v) is 16.0. The van der Waals surface area contributed by atoms with Crippen molar-refractivity contribution < 1.29 is 19.4 Å². The summed E-state index contributed by atoms with van der Waals surface area (Å²) in [6.07, 6.45) is 2.57. The van der Waals surface area contributed by atoms with Gasteiger partial charge in [-0.05, 0) is 30.0 Å². The van der Waals surface area contributed by atoms with Gasteiger partial charge in [-0.1, -0.05) is 74.5 Å². The van der Waals surface area contributed by atoms with E-state index in [2.05, 4.69) is 0 Å². The van der Waals surface area contributed by atoms with Crippen molar-refractivity contribution in [1.29, 1.82) is 0 Å². The third-order valence-electron chi connectivity index (χ3n) is 4.27. The van der Waals surface area contributed by atoms with E-state index in [4.69, 9.17) is 9.47 Å². The minimum Gasteiger partial charge on any atom is -0.482 e. The highest BCUT2D eigenvalue weighted by molar-refractivity contribution is 5.91. The Balaban J connectivity index is 2.12. The van der Waals surface area contributed by atoms with Gasteiger partial charge in [0.15, 0.2) is 0 Å². The predicted molar refractivity (Wildman–Crippen MR) is 107 cm³/mol. The van der Waals surface area contributed by atoms with Crippen molar-refractivity contribution in [2.24, 2.45) is 0 Å². The number of benzene rings is 2. The molecule has 0 saturated heterocycles. The van der Waals surface area contributed by atoms with Gasteiger partial charge in [0.25, 0.3) is 0 Å². The summed E-state index contributed by atoms with van der Waals surface area (Å²) in [6.45, 7) is 4.12. The van der Waals surface area contributed by atoms with E-state index >= 15 is 0 Å². The Kier molecular flexibility index (Phi) is 8.59. The molecule has 0 aliphatic carbocycles. The highest BCUT2D eigenvalue weighted by Gasteiger charge is 2.20. The van der Waals surface area contributed by atoms with Crippen molar-refractivity contribution in [2.45, 2.75) is 51.9 Å². The summed E-state index contributed by atoms with van der Waals surface area (Å²) in [7, 11) is 0. The lowest BCUT2D eigenvalue weighted by atomic mass is 10.1. The first kappa shape index (κ1) is 20.7. The Morgan fingerprint density at radius 3 is 2.22 bits per heavy atom. The summed E-state index contributed by atoms with van der Waals surface area (Å²) in [5.74, 6) is -0.348. The van der Waals surface area contributed by atoms with Crippen LogP contribution in [-0.2, 0) is 20.9 Å². The van der Waals surface area contributed by atoms with Gasteiger partial charge < -0.3 is 14.6 Å². The molecule has 4 nitrogen and oxygen atoms in total. The number of ether oxygens (including phenoxy) is 2. The molecule has 2 atom stereocenters. The zero-order valence-electron chi connectivity index (χ0n) is 16.0. The number of esters is 1. The van der Waals surface area contributed by atoms with E-state index in [1.54, 1.807) is 6.08 Å². The van der Waals surface area contributed by atoms with Crippen molar-refractivity contribution in [3.8, 4) is 0 Å². The van der Waals surface area contributed by atoms with E-state index in [9.17, 15) is 9.90 Å². The van der Waals surface area contributed by atoms with Crippen LogP contribution >= 0.6 is 0 Å². The minimum absolute atomic E-state index is 0.162. The second-order valence-corrected chi connectivity index (χ2v) is 6.43. The van der Waals surface area contributed by atoms with Crippen LogP contribution in [0.3, 0.4) is 0 Å². The number of carbonyl (C=O) groups excluding carboxylic acids is 1. The molecule has 0 saturated carbocycles. The molecule has 144 valence electrons. The smallest absolute Gasteiger partial charge is 0.373 e. The standard InChI is InChI=1S/C23H28O4/c1-3-20(24)16-21(4-2)27-23(25)22(15-18-11-7-5-8-12-18)26-17-19-13-9-6-10-14-19/h5-15,20-21,24H,3-4,16-17H2,1-2H3/t20-,21+/m1/s1. The molecule has 27 heavy (non-hydrogen) atoms. The Labute approximate surface area is 161 Å². The maximum absolute atomic E-state index is 12.7. The molecule has 0 fully saturated rings. The maximum atomic E-state index is 12.7. The summed E-state index contributed by atoms with van der Waals surface area (Å²) in [4.78, 5) is 12.7. The number of rotatable bonds is 10. The largest absolute Gasteiger partial charge is 0.482 e. The molecule has 2 aromatic carbocycles. The van der Waals surface area contributed by atoms with E-state index in [0.717, 1.165) is 11.1 Å². The maximum Gasteiger partial charge on any atom is 0.373 e. The van der Waals surface area contributed by atoms with Crippen LogP contribution in [0.4, 0.5) is 0 Å². The number of aliphatic hydroxyl groups excluding tert-OH is 1. The van der Waals surface area contributed by atoms with Gasteiger partial charge in [0.05, 0.1) is 6.10 Å². The molecule has 1 N–H and O–H groups in total. The predicted octanol–water partition coefficient (Wildman–Crippen LogP) is 4.73. The fourth-order valence-corrected chi connectivity index (χ4v) is 2.57. The second kappa shape index (κ2) is 11.2. The minimum atomic E-state index is -0.509. The summed E-state index contributed by atoms with van der Waals surface area (Å²) >= 11 is 0. The van der Waals surface area contributed by atoms with E-state index in [-0.39, 0.29) is 18.5 Å². The van der Waals surface area contributed by atoms with Crippen LogP contribution in [0.2, 0.25) is 0 Å². The summed E-state index contributed by atoms with van der Waals surface area (Å²) < 4.78 is 11.4. The molecular weight excluding hydrogens is 340 g/mol. The van der Waals surface area contributed by atoms with Crippen LogP contribution in [-0.4, -0.2) is 23.3 Å². The first-order chi connectivity index (χ1) is 13.1. The molecule has 0 bridgehead atoms. The van der Waals surface area contributed by atoms with Crippen molar-refractivity contribution in [3.05, 3.63) is 77.5 Å². The molecule has 0 spiro atoms. The molecule has 4 heteroatoms. The van der Waals surface area contributed by atoms with Gasteiger partial charge in [-0.15, -0.1) is 0 Å². The molecule has 0 unspecified atom stereocenters. The lowest BCUT2D eigenvalue weighted by molar-refractivity contribution is -0.150. The molecular formula is C23H28O4. The van der Waals surface area contributed by atoms with Crippen molar-refractivity contribution >= 4 is 12.0 Å². The van der Waals surface area contributed by atoms with Gasteiger partial charge in [0.2, 0.25) is 5.76 Å². The van der Waals surface area contributed by atoms with Crippen molar-refractivity contribution in [3.63, 3.8) is 0 Å². The summed E-state index contributed by atoms with van der Waals surface area (Å²) in [5, 5.41) is 9.86. The molecule has 2 rings (SSSR count). The molecule has 0 radical (unpaired) electrons. The van der Waals surface area contributed by atoms with E-state index < -0.39 is 12.1 Å². The Hall–Kier alpha value is -2.59. The zero-order chi connectivity index (χ0) is 19.5. The molecule has 0 heterocycles. The average molecular weight is 368 g/mol. The van der Waals surface area contributed by atoms with Gasteiger partial charge in [0.1, 0.15) is 12.7 Å². The highest BCUT2D eigenvalue weighted by atomic mass is 16.6. The third kappa shape index (κ3) is 7.27. The topological polar surface area (TPSA) is 55.8 Å². The number of carbonyl (C=O) groups is 1. The fraction of sp³-hybridized carbons (Fsp3) is 0.348. The van der Waals surface area contributed by atoms with Crippen LogP contribution in [0.1, 0.15) is 44.2 Å². The van der Waals surface area contributed by atoms with Crippen LogP contribution in [0, 0.1) is 0 Å². The number of hydrogen-bond donors (Lipinski definition) is 1. The Bertz CT molecular complexity index is 710. The van der Waals surface area contributed by atoms with Gasteiger partial charge in [-0.2, -0.15) is 0 Å². The first-order valence-corrected chi connectivity index (χ1v) is 9.44. The molecule has 0 aliphatic heterocycles. The highest BCUT2D eigenvalue weighted by Crippen LogP contribution is 2.16.